The average Bonchev–Trinajstić information content (AvgIpc) is 2.82. The Morgan fingerprint density at radius 3 is 3.29 bits per heavy atom. The van der Waals surface area contributed by atoms with Gasteiger partial charge in [-0.3, -0.25) is 0 Å². The first-order valence-electron chi connectivity index (χ1n) is 6.74. The number of nitrogens with zero attached hydrogens (tertiary/aromatic N) is 4. The molecular weight excluding hydrogens is 214 g/mol. The summed E-state index contributed by atoms with van der Waals surface area (Å²) in [6.45, 7) is 7.72. The average molecular weight is 235 g/mol. The van der Waals surface area contributed by atoms with E-state index in [1.165, 1.54) is 25.1 Å². The van der Waals surface area contributed by atoms with Crippen molar-refractivity contribution in [3.05, 3.63) is 11.4 Å². The predicted octanol–water partition coefficient (Wildman–Crippen LogP) is 0.581. The predicted molar refractivity (Wildman–Crippen MR) is 65.8 cm³/mol. The molecule has 1 atom stereocenters. The lowest BCUT2D eigenvalue weighted by Gasteiger charge is -2.32. The number of hydrogen-bond donors (Lipinski definition) is 1. The molecule has 5 nitrogen and oxygen atoms in total. The van der Waals surface area contributed by atoms with Gasteiger partial charge in [-0.15, -0.1) is 5.10 Å². The lowest BCUT2D eigenvalue weighted by Crippen LogP contribution is -2.37. The van der Waals surface area contributed by atoms with Crippen LogP contribution in [0.5, 0.6) is 0 Å². The number of fused-ring (bicyclic) bond motifs is 1. The highest BCUT2D eigenvalue weighted by Gasteiger charge is 2.25. The van der Waals surface area contributed by atoms with E-state index in [0.717, 1.165) is 38.3 Å². The third kappa shape index (κ3) is 2.09. The Hall–Kier alpha value is -0.940. The van der Waals surface area contributed by atoms with Crippen molar-refractivity contribution in [3.63, 3.8) is 0 Å². The molecule has 0 saturated carbocycles. The largest absolute Gasteiger partial charge is 0.311 e. The second kappa shape index (κ2) is 4.74. The van der Waals surface area contributed by atoms with Gasteiger partial charge in [0.2, 0.25) is 0 Å². The molecule has 17 heavy (non-hydrogen) atoms. The summed E-state index contributed by atoms with van der Waals surface area (Å²) < 4.78 is 2.21. The fraction of sp³-hybridized carbons (Fsp3) is 0.833. The molecule has 3 heterocycles. The van der Waals surface area contributed by atoms with Crippen molar-refractivity contribution in [2.45, 2.75) is 38.8 Å². The van der Waals surface area contributed by atoms with Crippen molar-refractivity contribution >= 4 is 0 Å². The normalized spacial score (nSPS) is 25.8. The smallest absolute Gasteiger partial charge is 0.0997 e. The molecule has 2 aliphatic rings. The first-order valence-corrected chi connectivity index (χ1v) is 6.74. The van der Waals surface area contributed by atoms with Gasteiger partial charge < -0.3 is 10.2 Å². The van der Waals surface area contributed by atoms with E-state index in [9.17, 15) is 0 Å². The molecule has 0 radical (unpaired) electrons. The van der Waals surface area contributed by atoms with Crippen molar-refractivity contribution in [2.75, 3.05) is 26.2 Å². The second-order valence-electron chi connectivity index (χ2n) is 5.04. The van der Waals surface area contributed by atoms with Gasteiger partial charge in [-0.2, -0.15) is 0 Å². The van der Waals surface area contributed by atoms with E-state index in [-0.39, 0.29) is 0 Å². The summed E-state index contributed by atoms with van der Waals surface area (Å²) in [5, 5.41) is 12.1. The number of hydrogen-bond acceptors (Lipinski definition) is 4. The Bertz CT molecular complexity index is 386. The van der Waals surface area contributed by atoms with Crippen LogP contribution in [0.3, 0.4) is 0 Å². The number of aromatic nitrogens is 3. The summed E-state index contributed by atoms with van der Waals surface area (Å²) >= 11 is 0. The SMILES string of the molecule is CCN1CCCC(n2nnc3c2CCNC3)C1. The molecule has 94 valence electrons. The zero-order valence-electron chi connectivity index (χ0n) is 10.5. The fourth-order valence-electron chi connectivity index (χ4n) is 2.97. The van der Waals surface area contributed by atoms with Crippen LogP contribution in [0.4, 0.5) is 0 Å². The number of nitrogens with one attached hydrogen (secondary N) is 1. The molecule has 1 unspecified atom stereocenters. The summed E-state index contributed by atoms with van der Waals surface area (Å²) in [4.78, 5) is 2.52. The van der Waals surface area contributed by atoms with Crippen LogP contribution in [0, 0.1) is 0 Å². The monoisotopic (exact) mass is 235 g/mol. The van der Waals surface area contributed by atoms with E-state index in [2.05, 4.69) is 32.1 Å². The molecule has 1 aromatic rings. The van der Waals surface area contributed by atoms with E-state index < -0.39 is 0 Å². The molecule has 1 aromatic heterocycles. The van der Waals surface area contributed by atoms with Gasteiger partial charge in [0.25, 0.3) is 0 Å². The highest BCUT2D eigenvalue weighted by molar-refractivity contribution is 5.14. The van der Waals surface area contributed by atoms with Crippen LogP contribution in [-0.2, 0) is 13.0 Å². The fourth-order valence-corrected chi connectivity index (χ4v) is 2.97. The highest BCUT2D eigenvalue weighted by Crippen LogP contribution is 2.24. The molecule has 0 bridgehead atoms. The van der Waals surface area contributed by atoms with Crippen molar-refractivity contribution in [2.24, 2.45) is 0 Å². The molecular formula is C12H21N5. The maximum atomic E-state index is 4.39. The molecule has 5 heteroatoms. The number of rotatable bonds is 2. The van der Waals surface area contributed by atoms with Crippen LogP contribution in [0.2, 0.25) is 0 Å². The van der Waals surface area contributed by atoms with Gasteiger partial charge in [0.1, 0.15) is 0 Å². The first-order chi connectivity index (χ1) is 8.38. The van der Waals surface area contributed by atoms with Gasteiger partial charge >= 0.3 is 0 Å². The zero-order valence-corrected chi connectivity index (χ0v) is 10.5. The minimum absolute atomic E-state index is 0.540. The second-order valence-corrected chi connectivity index (χ2v) is 5.04. The Kier molecular flexibility index (Phi) is 3.11. The topological polar surface area (TPSA) is 46.0 Å². The van der Waals surface area contributed by atoms with Gasteiger partial charge in [-0.1, -0.05) is 12.1 Å². The van der Waals surface area contributed by atoms with Crippen molar-refractivity contribution in [1.82, 2.24) is 25.2 Å². The Balaban J connectivity index is 1.81. The lowest BCUT2D eigenvalue weighted by atomic mass is 10.0. The van der Waals surface area contributed by atoms with Gasteiger partial charge in [-0.25, -0.2) is 4.68 Å². The maximum absolute atomic E-state index is 4.39. The third-order valence-corrected chi connectivity index (χ3v) is 3.98. The van der Waals surface area contributed by atoms with Crippen molar-refractivity contribution < 1.29 is 0 Å². The van der Waals surface area contributed by atoms with Crippen LogP contribution in [0.1, 0.15) is 37.2 Å². The molecule has 1 saturated heterocycles. The molecule has 1 N–H and O–H groups in total. The van der Waals surface area contributed by atoms with Crippen LogP contribution in [-0.4, -0.2) is 46.1 Å². The Morgan fingerprint density at radius 1 is 1.47 bits per heavy atom. The number of piperidine rings is 1. The quantitative estimate of drug-likeness (QED) is 0.814. The van der Waals surface area contributed by atoms with Crippen LogP contribution >= 0.6 is 0 Å². The molecule has 0 aromatic carbocycles. The lowest BCUT2D eigenvalue weighted by molar-refractivity contribution is 0.173. The molecule has 0 aliphatic carbocycles. The van der Waals surface area contributed by atoms with Crippen molar-refractivity contribution in [1.29, 1.82) is 0 Å². The summed E-state index contributed by atoms with van der Waals surface area (Å²) in [6.07, 6.45) is 3.61. The molecule has 2 aliphatic heterocycles. The number of likely N-dealkylation sites (tertiary alicyclic amines) is 1. The van der Waals surface area contributed by atoms with E-state index in [0.29, 0.717) is 6.04 Å². The van der Waals surface area contributed by atoms with E-state index in [1.54, 1.807) is 0 Å². The Morgan fingerprint density at radius 2 is 2.41 bits per heavy atom. The third-order valence-electron chi connectivity index (χ3n) is 3.98. The summed E-state index contributed by atoms with van der Waals surface area (Å²) in [5.74, 6) is 0. The van der Waals surface area contributed by atoms with E-state index >= 15 is 0 Å². The minimum atomic E-state index is 0.540. The summed E-state index contributed by atoms with van der Waals surface area (Å²) in [6, 6.07) is 0.540. The Labute approximate surface area is 102 Å². The number of likely N-dealkylation sites (N-methyl/N-ethyl adjacent to an activating group) is 1. The van der Waals surface area contributed by atoms with Gasteiger partial charge in [0, 0.05) is 26.1 Å². The molecule has 1 fully saturated rings. The van der Waals surface area contributed by atoms with Gasteiger partial charge in [0.05, 0.1) is 17.4 Å². The van der Waals surface area contributed by atoms with E-state index in [4.69, 9.17) is 0 Å². The standard InChI is InChI=1S/C12H21N5/c1-2-16-7-3-4-10(9-16)17-12-5-6-13-8-11(12)14-15-17/h10,13H,2-9H2,1H3. The van der Waals surface area contributed by atoms with Crippen LogP contribution in [0.25, 0.3) is 0 Å². The highest BCUT2D eigenvalue weighted by atomic mass is 15.5. The maximum Gasteiger partial charge on any atom is 0.0997 e. The van der Waals surface area contributed by atoms with Gasteiger partial charge in [-0.05, 0) is 25.9 Å². The van der Waals surface area contributed by atoms with Gasteiger partial charge in [0.15, 0.2) is 0 Å². The minimum Gasteiger partial charge on any atom is -0.311 e. The van der Waals surface area contributed by atoms with Crippen molar-refractivity contribution in [3.8, 4) is 0 Å². The molecule has 3 rings (SSSR count). The molecule has 0 spiro atoms. The first kappa shape index (κ1) is 11.2. The zero-order chi connectivity index (χ0) is 11.7. The van der Waals surface area contributed by atoms with Crippen LogP contribution < -0.4 is 5.32 Å². The summed E-state index contributed by atoms with van der Waals surface area (Å²) in [5.41, 5.74) is 2.52. The van der Waals surface area contributed by atoms with Crippen LogP contribution in [0.15, 0.2) is 0 Å². The molecule has 0 amide bonds. The van der Waals surface area contributed by atoms with E-state index in [1.807, 2.05) is 0 Å². The summed E-state index contributed by atoms with van der Waals surface area (Å²) in [7, 11) is 0.